The van der Waals surface area contributed by atoms with Crippen LogP contribution in [0.5, 0.6) is 0 Å². The highest BCUT2D eigenvalue weighted by molar-refractivity contribution is 7.99. The van der Waals surface area contributed by atoms with E-state index in [1.807, 2.05) is 29.2 Å². The standard InChI is InChI=1S/C14H14N2OS/c1-15-10-6-7-11-9-18-13-5-3-2-4-12(13)14(17)16(11)8-10/h2-5,10-11H,6-9H2/t10-,11-/m0/s1. The number of carbonyl (C=O) groups is 1. The summed E-state index contributed by atoms with van der Waals surface area (Å²) >= 11 is 1.77. The van der Waals surface area contributed by atoms with E-state index < -0.39 is 0 Å². The Morgan fingerprint density at radius 2 is 2.17 bits per heavy atom. The van der Waals surface area contributed by atoms with Gasteiger partial charge in [-0.1, -0.05) is 12.1 Å². The molecule has 0 bridgehead atoms. The number of thioether (sulfide) groups is 1. The second-order valence-electron chi connectivity index (χ2n) is 4.78. The number of carbonyl (C=O) groups excluding carboxylic acids is 1. The van der Waals surface area contributed by atoms with Gasteiger partial charge in [0.1, 0.15) is 0 Å². The third-order valence-corrected chi connectivity index (χ3v) is 4.89. The maximum absolute atomic E-state index is 12.5. The summed E-state index contributed by atoms with van der Waals surface area (Å²) in [5.74, 6) is 1.06. The molecule has 4 heteroatoms. The molecule has 18 heavy (non-hydrogen) atoms. The molecule has 0 saturated carbocycles. The molecule has 2 aliphatic rings. The van der Waals surface area contributed by atoms with Crippen LogP contribution >= 0.6 is 11.8 Å². The first-order valence-corrected chi connectivity index (χ1v) is 7.17. The molecule has 2 heterocycles. The van der Waals surface area contributed by atoms with Crippen molar-refractivity contribution in [1.82, 2.24) is 4.90 Å². The molecular weight excluding hydrogens is 244 g/mol. The van der Waals surface area contributed by atoms with Crippen molar-refractivity contribution >= 4 is 17.7 Å². The fourth-order valence-electron chi connectivity index (χ4n) is 2.65. The van der Waals surface area contributed by atoms with E-state index in [0.717, 1.165) is 29.1 Å². The maximum Gasteiger partial charge on any atom is 0.255 e. The lowest BCUT2D eigenvalue weighted by Crippen LogP contribution is -2.48. The van der Waals surface area contributed by atoms with Gasteiger partial charge in [0.2, 0.25) is 6.04 Å². The molecule has 0 N–H and O–H groups in total. The maximum atomic E-state index is 12.5. The van der Waals surface area contributed by atoms with Gasteiger partial charge in [0.05, 0.1) is 12.1 Å². The lowest BCUT2D eigenvalue weighted by atomic mass is 9.99. The summed E-state index contributed by atoms with van der Waals surface area (Å²) in [7, 11) is 0. The molecule has 0 unspecified atom stereocenters. The number of rotatable bonds is 0. The smallest absolute Gasteiger partial charge is 0.255 e. The predicted octanol–water partition coefficient (Wildman–Crippen LogP) is 2.68. The van der Waals surface area contributed by atoms with Gasteiger partial charge in [-0.2, -0.15) is 0 Å². The topological polar surface area (TPSA) is 24.7 Å². The van der Waals surface area contributed by atoms with E-state index in [2.05, 4.69) is 4.85 Å². The summed E-state index contributed by atoms with van der Waals surface area (Å²) in [4.78, 5) is 19.2. The summed E-state index contributed by atoms with van der Waals surface area (Å²) < 4.78 is 0. The van der Waals surface area contributed by atoms with Gasteiger partial charge in [0.25, 0.3) is 5.91 Å². The van der Waals surface area contributed by atoms with Crippen LogP contribution in [-0.4, -0.2) is 35.2 Å². The molecule has 1 saturated heterocycles. The van der Waals surface area contributed by atoms with Gasteiger partial charge in [-0.25, -0.2) is 6.57 Å². The Morgan fingerprint density at radius 1 is 1.33 bits per heavy atom. The molecule has 3 nitrogen and oxygen atoms in total. The first-order valence-electron chi connectivity index (χ1n) is 6.19. The van der Waals surface area contributed by atoms with E-state index in [1.54, 1.807) is 11.8 Å². The number of amides is 1. The van der Waals surface area contributed by atoms with Crippen LogP contribution in [0, 0.1) is 6.57 Å². The number of piperidine rings is 1. The van der Waals surface area contributed by atoms with Gasteiger partial charge in [-0.05, 0) is 18.6 Å². The fraction of sp³-hybridized carbons (Fsp3) is 0.429. The van der Waals surface area contributed by atoms with Crippen molar-refractivity contribution in [1.29, 1.82) is 0 Å². The van der Waals surface area contributed by atoms with Crippen molar-refractivity contribution in [2.24, 2.45) is 0 Å². The van der Waals surface area contributed by atoms with Crippen LogP contribution in [0.4, 0.5) is 0 Å². The summed E-state index contributed by atoms with van der Waals surface area (Å²) in [6.07, 6.45) is 1.88. The van der Waals surface area contributed by atoms with Crippen LogP contribution in [0.1, 0.15) is 23.2 Å². The zero-order valence-corrected chi connectivity index (χ0v) is 10.8. The number of hydrogen-bond donors (Lipinski definition) is 0. The fourth-order valence-corrected chi connectivity index (χ4v) is 3.85. The van der Waals surface area contributed by atoms with Crippen LogP contribution in [0.15, 0.2) is 29.2 Å². The van der Waals surface area contributed by atoms with E-state index in [0.29, 0.717) is 12.6 Å². The van der Waals surface area contributed by atoms with Gasteiger partial charge in [0, 0.05) is 23.1 Å². The number of hydrogen-bond acceptors (Lipinski definition) is 2. The van der Waals surface area contributed by atoms with Crippen LogP contribution in [-0.2, 0) is 0 Å². The Morgan fingerprint density at radius 3 is 3.00 bits per heavy atom. The first-order chi connectivity index (χ1) is 8.79. The molecule has 92 valence electrons. The van der Waals surface area contributed by atoms with Gasteiger partial charge in [0.15, 0.2) is 0 Å². The van der Waals surface area contributed by atoms with Crippen molar-refractivity contribution in [3.05, 3.63) is 41.2 Å². The SMILES string of the molecule is [C-]#[N+][C@H]1CC[C@H]2CSc3ccccc3C(=O)N2C1. The van der Waals surface area contributed by atoms with E-state index >= 15 is 0 Å². The molecular formula is C14H14N2OS. The second kappa shape index (κ2) is 4.66. The quantitative estimate of drug-likeness (QED) is 0.668. The molecule has 1 amide bonds. The van der Waals surface area contributed by atoms with E-state index in [1.165, 1.54) is 0 Å². The zero-order chi connectivity index (χ0) is 12.5. The molecule has 0 spiro atoms. The minimum atomic E-state index is -0.0135. The predicted molar refractivity (Wildman–Crippen MR) is 71.6 cm³/mol. The monoisotopic (exact) mass is 258 g/mol. The Labute approximate surface area is 111 Å². The third kappa shape index (κ3) is 1.89. The van der Waals surface area contributed by atoms with Gasteiger partial charge in [-0.15, -0.1) is 11.8 Å². The van der Waals surface area contributed by atoms with Crippen molar-refractivity contribution in [2.75, 3.05) is 12.3 Å². The summed E-state index contributed by atoms with van der Waals surface area (Å²) in [5, 5.41) is 0. The highest BCUT2D eigenvalue weighted by Crippen LogP contribution is 2.33. The van der Waals surface area contributed by atoms with Crippen LogP contribution in [0.25, 0.3) is 4.85 Å². The van der Waals surface area contributed by atoms with Crippen molar-refractivity contribution < 1.29 is 4.79 Å². The van der Waals surface area contributed by atoms with Crippen LogP contribution in [0.2, 0.25) is 0 Å². The normalized spacial score (nSPS) is 26.8. The van der Waals surface area contributed by atoms with E-state index in [4.69, 9.17) is 6.57 Å². The first kappa shape index (κ1) is 11.6. The molecule has 0 aliphatic carbocycles. The van der Waals surface area contributed by atoms with Gasteiger partial charge in [-0.3, -0.25) is 4.79 Å². The molecule has 1 aromatic carbocycles. The highest BCUT2D eigenvalue weighted by Gasteiger charge is 2.37. The minimum Gasteiger partial charge on any atom is -0.327 e. The Kier molecular flexibility index (Phi) is 3.00. The van der Waals surface area contributed by atoms with Crippen molar-refractivity contribution in [2.45, 2.75) is 29.8 Å². The molecule has 2 aliphatic heterocycles. The number of nitrogens with zero attached hydrogens (tertiary/aromatic N) is 2. The summed E-state index contributed by atoms with van der Waals surface area (Å²) in [6.45, 7) is 7.75. The lowest BCUT2D eigenvalue weighted by Gasteiger charge is -2.34. The molecule has 1 aromatic rings. The Balaban J connectivity index is 1.95. The van der Waals surface area contributed by atoms with Crippen LogP contribution < -0.4 is 0 Å². The van der Waals surface area contributed by atoms with E-state index in [9.17, 15) is 4.79 Å². The van der Waals surface area contributed by atoms with Crippen LogP contribution in [0.3, 0.4) is 0 Å². The van der Waals surface area contributed by atoms with Crippen molar-refractivity contribution in [3.63, 3.8) is 0 Å². The summed E-state index contributed by atoms with van der Waals surface area (Å²) in [5.41, 5.74) is 0.802. The molecule has 1 fully saturated rings. The lowest BCUT2D eigenvalue weighted by molar-refractivity contribution is 0.0634. The molecule has 2 atom stereocenters. The third-order valence-electron chi connectivity index (χ3n) is 3.67. The Hall–Kier alpha value is -1.47. The highest BCUT2D eigenvalue weighted by atomic mass is 32.2. The van der Waals surface area contributed by atoms with Gasteiger partial charge >= 0.3 is 0 Å². The number of fused-ring (bicyclic) bond motifs is 2. The average molecular weight is 258 g/mol. The average Bonchev–Trinajstić information content (AvgIpc) is 2.57. The Bertz CT molecular complexity index is 523. The largest absolute Gasteiger partial charge is 0.327 e. The number of benzene rings is 1. The zero-order valence-electron chi connectivity index (χ0n) is 10.0. The molecule has 3 rings (SSSR count). The molecule has 0 radical (unpaired) electrons. The van der Waals surface area contributed by atoms with Crippen molar-refractivity contribution in [3.8, 4) is 0 Å². The van der Waals surface area contributed by atoms with Gasteiger partial charge < -0.3 is 9.74 Å². The second-order valence-corrected chi connectivity index (χ2v) is 5.84. The minimum absolute atomic E-state index is 0.0135. The summed E-state index contributed by atoms with van der Waals surface area (Å²) in [6, 6.07) is 8.09. The molecule has 0 aromatic heterocycles. The van der Waals surface area contributed by atoms with E-state index in [-0.39, 0.29) is 11.9 Å².